The first kappa shape index (κ1) is 13.2. The lowest BCUT2D eigenvalue weighted by Crippen LogP contribution is -2.09. The van der Waals surface area contributed by atoms with Gasteiger partial charge in [0, 0.05) is 32.2 Å². The summed E-state index contributed by atoms with van der Waals surface area (Å²) in [7, 11) is 0. The third kappa shape index (κ3) is 2.21. The molecule has 0 radical (unpaired) electrons. The maximum Gasteiger partial charge on any atom is 0.197 e. The van der Waals surface area contributed by atoms with Crippen LogP contribution in [-0.4, -0.2) is 4.98 Å². The van der Waals surface area contributed by atoms with Crippen molar-refractivity contribution in [3.05, 3.63) is 68.4 Å². The Morgan fingerprint density at radius 1 is 0.950 bits per heavy atom. The number of fused-ring (bicyclic) bond motifs is 1. The van der Waals surface area contributed by atoms with E-state index in [0.29, 0.717) is 21.0 Å². The van der Waals surface area contributed by atoms with E-state index in [-0.39, 0.29) is 5.43 Å². The van der Waals surface area contributed by atoms with Crippen LogP contribution < -0.4 is 5.43 Å². The van der Waals surface area contributed by atoms with Crippen molar-refractivity contribution in [3.8, 4) is 11.1 Å². The second kappa shape index (κ2) is 4.97. The van der Waals surface area contributed by atoms with Gasteiger partial charge in [-0.1, -0.05) is 35.3 Å². The normalized spacial score (nSPS) is 10.9. The van der Waals surface area contributed by atoms with E-state index in [9.17, 15) is 4.79 Å². The van der Waals surface area contributed by atoms with Crippen LogP contribution in [0.4, 0.5) is 0 Å². The quantitative estimate of drug-likeness (QED) is 0.687. The number of aromatic amines is 1. The number of pyridine rings is 1. The molecule has 3 aromatic rings. The van der Waals surface area contributed by atoms with Crippen LogP contribution in [0, 0.1) is 6.92 Å². The van der Waals surface area contributed by atoms with Gasteiger partial charge in [0.2, 0.25) is 0 Å². The Kier molecular flexibility index (Phi) is 3.28. The Labute approximate surface area is 126 Å². The minimum atomic E-state index is -0.0268. The molecule has 0 amide bonds. The van der Waals surface area contributed by atoms with Crippen LogP contribution >= 0.6 is 23.2 Å². The van der Waals surface area contributed by atoms with Gasteiger partial charge < -0.3 is 4.98 Å². The predicted octanol–water partition coefficient (Wildman–Crippen LogP) is 4.81. The second-order valence-electron chi connectivity index (χ2n) is 4.65. The molecule has 0 aliphatic heterocycles. The van der Waals surface area contributed by atoms with Crippen LogP contribution in [0.25, 0.3) is 22.0 Å². The van der Waals surface area contributed by atoms with Crippen molar-refractivity contribution >= 4 is 34.1 Å². The Balaban J connectivity index is 2.36. The number of hydrogen-bond donors (Lipinski definition) is 1. The first-order valence-electron chi connectivity index (χ1n) is 6.14. The fourth-order valence-corrected chi connectivity index (χ4v) is 2.65. The summed E-state index contributed by atoms with van der Waals surface area (Å²) >= 11 is 11.9. The van der Waals surface area contributed by atoms with Crippen molar-refractivity contribution < 1.29 is 0 Å². The highest BCUT2D eigenvalue weighted by atomic mass is 35.5. The van der Waals surface area contributed by atoms with E-state index in [2.05, 4.69) is 4.98 Å². The van der Waals surface area contributed by atoms with Crippen molar-refractivity contribution in [2.45, 2.75) is 6.92 Å². The minimum absolute atomic E-state index is 0.0268. The van der Waals surface area contributed by atoms with E-state index in [1.165, 1.54) is 0 Å². The number of hydrogen-bond acceptors (Lipinski definition) is 1. The van der Waals surface area contributed by atoms with Gasteiger partial charge in [-0.15, -0.1) is 0 Å². The summed E-state index contributed by atoms with van der Waals surface area (Å²) in [5.41, 5.74) is 3.08. The number of aromatic nitrogens is 1. The molecule has 0 aliphatic carbocycles. The molecule has 4 heteroatoms. The summed E-state index contributed by atoms with van der Waals surface area (Å²) in [5, 5.41) is 1.79. The van der Waals surface area contributed by atoms with E-state index in [1.807, 2.05) is 25.1 Å². The van der Waals surface area contributed by atoms with Crippen molar-refractivity contribution in [1.82, 2.24) is 4.98 Å². The first-order valence-corrected chi connectivity index (χ1v) is 6.90. The lowest BCUT2D eigenvalue weighted by Gasteiger charge is -2.08. The maximum absolute atomic E-state index is 12.7. The van der Waals surface area contributed by atoms with Crippen LogP contribution in [-0.2, 0) is 0 Å². The molecule has 0 fully saturated rings. The zero-order valence-corrected chi connectivity index (χ0v) is 12.2. The summed E-state index contributed by atoms with van der Waals surface area (Å²) in [5.74, 6) is 0. The van der Waals surface area contributed by atoms with Gasteiger partial charge in [0.15, 0.2) is 5.43 Å². The molecule has 0 spiro atoms. The fraction of sp³-hybridized carbons (Fsp3) is 0.0625. The van der Waals surface area contributed by atoms with Gasteiger partial charge in [-0.3, -0.25) is 4.79 Å². The number of aryl methyl sites for hydroxylation is 1. The Morgan fingerprint density at radius 2 is 1.60 bits per heavy atom. The Bertz CT molecular complexity index is 851. The van der Waals surface area contributed by atoms with Gasteiger partial charge in [-0.05, 0) is 42.8 Å². The average Bonchev–Trinajstić information content (AvgIpc) is 2.42. The molecule has 0 saturated heterocycles. The molecule has 0 atom stereocenters. The van der Waals surface area contributed by atoms with Gasteiger partial charge in [0.05, 0.1) is 0 Å². The average molecular weight is 304 g/mol. The highest BCUT2D eigenvalue weighted by Crippen LogP contribution is 2.24. The van der Waals surface area contributed by atoms with Gasteiger partial charge >= 0.3 is 0 Å². The smallest absolute Gasteiger partial charge is 0.197 e. The molecule has 0 saturated carbocycles. The van der Waals surface area contributed by atoms with E-state index in [4.69, 9.17) is 23.2 Å². The molecule has 0 bridgehead atoms. The number of H-pyrrole nitrogens is 1. The molecule has 20 heavy (non-hydrogen) atoms. The van der Waals surface area contributed by atoms with E-state index >= 15 is 0 Å². The minimum Gasteiger partial charge on any atom is -0.358 e. The van der Waals surface area contributed by atoms with Crippen molar-refractivity contribution in [2.75, 3.05) is 0 Å². The van der Waals surface area contributed by atoms with Crippen LogP contribution in [0.1, 0.15) is 5.69 Å². The lowest BCUT2D eigenvalue weighted by molar-refractivity contribution is 1.24. The summed E-state index contributed by atoms with van der Waals surface area (Å²) in [4.78, 5) is 15.9. The SMILES string of the molecule is Cc1[nH]c2ccc(Cl)cc2c(=O)c1-c1ccc(Cl)cc1. The molecular formula is C16H11Cl2NO. The third-order valence-electron chi connectivity index (χ3n) is 3.28. The van der Waals surface area contributed by atoms with Crippen molar-refractivity contribution in [3.63, 3.8) is 0 Å². The summed E-state index contributed by atoms with van der Waals surface area (Å²) in [6, 6.07) is 12.5. The van der Waals surface area contributed by atoms with Crippen molar-refractivity contribution in [2.24, 2.45) is 0 Å². The molecule has 2 aromatic carbocycles. The topological polar surface area (TPSA) is 32.9 Å². The molecule has 1 heterocycles. The third-order valence-corrected chi connectivity index (χ3v) is 3.77. The molecule has 0 unspecified atom stereocenters. The molecule has 0 aliphatic rings. The zero-order chi connectivity index (χ0) is 14.3. The number of halogens is 2. The molecule has 1 aromatic heterocycles. The standard InChI is InChI=1S/C16H11Cl2NO/c1-9-15(10-2-4-11(17)5-3-10)16(20)13-8-12(18)6-7-14(13)19-9/h2-8H,1H3,(H,19,20). The number of benzene rings is 2. The maximum atomic E-state index is 12.7. The van der Waals surface area contributed by atoms with Crippen molar-refractivity contribution in [1.29, 1.82) is 0 Å². The highest BCUT2D eigenvalue weighted by molar-refractivity contribution is 6.31. The van der Waals surface area contributed by atoms with Gasteiger partial charge in [0.1, 0.15) is 0 Å². The van der Waals surface area contributed by atoms with Crippen LogP contribution in [0.2, 0.25) is 10.0 Å². The van der Waals surface area contributed by atoms with Crippen LogP contribution in [0.5, 0.6) is 0 Å². The number of rotatable bonds is 1. The second-order valence-corrected chi connectivity index (χ2v) is 5.52. The first-order chi connectivity index (χ1) is 9.56. The van der Waals surface area contributed by atoms with Crippen LogP contribution in [0.15, 0.2) is 47.3 Å². The highest BCUT2D eigenvalue weighted by Gasteiger charge is 2.11. The molecule has 2 nitrogen and oxygen atoms in total. The molecular weight excluding hydrogens is 293 g/mol. The Hall–Kier alpha value is -1.77. The van der Waals surface area contributed by atoms with E-state index in [1.54, 1.807) is 24.3 Å². The van der Waals surface area contributed by atoms with E-state index < -0.39 is 0 Å². The monoisotopic (exact) mass is 303 g/mol. The zero-order valence-electron chi connectivity index (χ0n) is 10.7. The van der Waals surface area contributed by atoms with Crippen LogP contribution in [0.3, 0.4) is 0 Å². The molecule has 1 N–H and O–H groups in total. The fourth-order valence-electron chi connectivity index (χ4n) is 2.35. The van der Waals surface area contributed by atoms with E-state index in [0.717, 1.165) is 16.8 Å². The lowest BCUT2D eigenvalue weighted by atomic mass is 10.0. The summed E-state index contributed by atoms with van der Waals surface area (Å²) in [6.45, 7) is 1.89. The Morgan fingerprint density at radius 3 is 2.30 bits per heavy atom. The summed E-state index contributed by atoms with van der Waals surface area (Å²) in [6.07, 6.45) is 0. The van der Waals surface area contributed by atoms with Gasteiger partial charge in [0.25, 0.3) is 0 Å². The van der Waals surface area contributed by atoms with Gasteiger partial charge in [-0.25, -0.2) is 0 Å². The van der Waals surface area contributed by atoms with Gasteiger partial charge in [-0.2, -0.15) is 0 Å². The summed E-state index contributed by atoms with van der Waals surface area (Å²) < 4.78 is 0. The molecule has 3 rings (SSSR count). The largest absolute Gasteiger partial charge is 0.358 e. The number of nitrogens with one attached hydrogen (secondary N) is 1. The molecule has 100 valence electrons. The predicted molar refractivity (Wildman–Crippen MR) is 84.8 cm³/mol.